The topological polar surface area (TPSA) is 17.1 Å². The molecule has 0 aromatic carbocycles. The molecule has 4 atom stereocenters. The second-order valence-electron chi connectivity index (χ2n) is 8.59. The first-order valence-corrected chi connectivity index (χ1v) is 8.88. The minimum Gasteiger partial charge on any atom is -0.295 e. The second-order valence-corrected chi connectivity index (χ2v) is 8.59. The number of carbonyl (C=O) groups excluding carboxylic acids is 1. The molecule has 0 aromatic heterocycles. The molecule has 0 aliphatic heterocycles. The molecule has 0 bridgehead atoms. The van der Waals surface area contributed by atoms with Crippen molar-refractivity contribution in [2.75, 3.05) is 0 Å². The van der Waals surface area contributed by atoms with Crippen LogP contribution in [0.4, 0.5) is 4.39 Å². The van der Waals surface area contributed by atoms with Crippen LogP contribution in [-0.4, -0.2) is 5.78 Å². The van der Waals surface area contributed by atoms with Gasteiger partial charge >= 0.3 is 0 Å². The predicted octanol–water partition coefficient (Wildman–Crippen LogP) is 5.62. The molecule has 4 unspecified atom stereocenters. The Hall–Kier alpha value is -0.920. The lowest BCUT2D eigenvalue weighted by atomic mass is 9.46. The molecule has 2 fully saturated rings. The van der Waals surface area contributed by atoms with Gasteiger partial charge in [-0.2, -0.15) is 0 Å². The summed E-state index contributed by atoms with van der Waals surface area (Å²) in [4.78, 5) is 11.9. The van der Waals surface area contributed by atoms with E-state index in [2.05, 4.69) is 27.7 Å². The summed E-state index contributed by atoms with van der Waals surface area (Å²) in [5, 5.41) is 0. The summed E-state index contributed by atoms with van der Waals surface area (Å²) < 4.78 is 13.6. The smallest absolute Gasteiger partial charge is 0.156 e. The van der Waals surface area contributed by atoms with Gasteiger partial charge in [-0.3, -0.25) is 4.79 Å². The van der Waals surface area contributed by atoms with E-state index in [-0.39, 0.29) is 11.2 Å². The minimum atomic E-state index is -0.00132. The molecular formula is C20H29FO. The highest BCUT2D eigenvalue weighted by molar-refractivity contribution is 5.92. The standard InChI is InChI=1S/C20H29FO/c1-5-16-15-10-13(12-21)18-11-14(22)6-9-20(18,4)17(15)7-8-19(16,2)3/h11-12,15-17H,5-10H2,1-4H3/b13-12+. The number of fused-ring (bicyclic) bond motifs is 3. The molecule has 0 amide bonds. The zero-order chi connectivity index (χ0) is 16.1. The minimum absolute atomic E-state index is 0.00132. The highest BCUT2D eigenvalue weighted by atomic mass is 19.1. The molecule has 0 radical (unpaired) electrons. The number of hydrogen-bond acceptors (Lipinski definition) is 1. The van der Waals surface area contributed by atoms with Gasteiger partial charge in [0.2, 0.25) is 0 Å². The number of hydrogen-bond donors (Lipinski definition) is 0. The Balaban J connectivity index is 2.06. The van der Waals surface area contributed by atoms with E-state index < -0.39 is 0 Å². The molecule has 22 heavy (non-hydrogen) atoms. The van der Waals surface area contributed by atoms with Crippen molar-refractivity contribution in [3.63, 3.8) is 0 Å². The molecule has 0 spiro atoms. The molecule has 0 aromatic rings. The first-order chi connectivity index (χ1) is 10.3. The third kappa shape index (κ3) is 2.21. The van der Waals surface area contributed by atoms with Crippen molar-refractivity contribution in [1.82, 2.24) is 0 Å². The van der Waals surface area contributed by atoms with Gasteiger partial charge in [0, 0.05) is 6.42 Å². The molecular weight excluding hydrogens is 275 g/mol. The number of allylic oxidation sites excluding steroid dienone is 3. The first-order valence-electron chi connectivity index (χ1n) is 8.88. The second kappa shape index (κ2) is 5.32. The highest BCUT2D eigenvalue weighted by Crippen LogP contribution is 2.63. The van der Waals surface area contributed by atoms with Gasteiger partial charge in [-0.15, -0.1) is 0 Å². The van der Waals surface area contributed by atoms with E-state index in [9.17, 15) is 9.18 Å². The fourth-order valence-corrected chi connectivity index (χ4v) is 5.95. The van der Waals surface area contributed by atoms with Crippen molar-refractivity contribution in [3.05, 3.63) is 23.6 Å². The summed E-state index contributed by atoms with van der Waals surface area (Å²) >= 11 is 0. The van der Waals surface area contributed by atoms with Crippen molar-refractivity contribution >= 4 is 5.78 Å². The highest BCUT2D eigenvalue weighted by Gasteiger charge is 2.54. The molecule has 3 rings (SSSR count). The molecule has 3 aliphatic carbocycles. The van der Waals surface area contributed by atoms with Crippen LogP contribution in [-0.2, 0) is 4.79 Å². The molecule has 122 valence electrons. The zero-order valence-corrected chi connectivity index (χ0v) is 14.4. The first kappa shape index (κ1) is 16.0. The van der Waals surface area contributed by atoms with Crippen LogP contribution in [0, 0.1) is 28.6 Å². The summed E-state index contributed by atoms with van der Waals surface area (Å²) in [5.74, 6) is 1.99. The predicted molar refractivity (Wildman–Crippen MR) is 88.0 cm³/mol. The van der Waals surface area contributed by atoms with Crippen molar-refractivity contribution < 1.29 is 9.18 Å². The van der Waals surface area contributed by atoms with Crippen LogP contribution in [0.15, 0.2) is 23.6 Å². The summed E-state index contributed by atoms with van der Waals surface area (Å²) in [7, 11) is 0. The lowest BCUT2D eigenvalue weighted by molar-refractivity contribution is -0.117. The zero-order valence-electron chi connectivity index (χ0n) is 14.4. The van der Waals surface area contributed by atoms with Crippen molar-refractivity contribution in [1.29, 1.82) is 0 Å². The molecule has 2 saturated carbocycles. The van der Waals surface area contributed by atoms with Gasteiger partial charge in [-0.1, -0.05) is 34.1 Å². The summed E-state index contributed by atoms with van der Waals surface area (Å²) in [6.07, 6.45) is 8.52. The maximum Gasteiger partial charge on any atom is 0.156 e. The quantitative estimate of drug-likeness (QED) is 0.614. The largest absolute Gasteiger partial charge is 0.295 e. The Labute approximate surface area is 134 Å². The fraction of sp³-hybridized carbons (Fsp3) is 0.750. The Morgan fingerprint density at radius 1 is 1.32 bits per heavy atom. The molecule has 0 saturated heterocycles. The third-order valence-electron chi connectivity index (χ3n) is 7.14. The van der Waals surface area contributed by atoms with Crippen LogP contribution in [0.5, 0.6) is 0 Å². The maximum atomic E-state index is 13.6. The van der Waals surface area contributed by atoms with Crippen LogP contribution in [0.1, 0.15) is 66.2 Å². The van der Waals surface area contributed by atoms with Crippen LogP contribution in [0.2, 0.25) is 0 Å². The fourth-order valence-electron chi connectivity index (χ4n) is 5.95. The number of carbonyl (C=O) groups is 1. The van der Waals surface area contributed by atoms with Crippen LogP contribution < -0.4 is 0 Å². The average Bonchev–Trinajstić information content (AvgIpc) is 2.46. The normalized spacial score (nSPS) is 42.6. The van der Waals surface area contributed by atoms with Crippen molar-refractivity contribution in [2.24, 2.45) is 28.6 Å². The third-order valence-corrected chi connectivity index (χ3v) is 7.14. The van der Waals surface area contributed by atoms with Crippen LogP contribution in [0.3, 0.4) is 0 Å². The Kier molecular flexibility index (Phi) is 3.86. The summed E-state index contributed by atoms with van der Waals surface area (Å²) in [6, 6.07) is 0. The van der Waals surface area contributed by atoms with Gasteiger partial charge in [-0.25, -0.2) is 4.39 Å². The number of halogens is 1. The Bertz CT molecular complexity index is 542. The van der Waals surface area contributed by atoms with E-state index in [0.717, 1.165) is 30.3 Å². The lowest BCUT2D eigenvalue weighted by Gasteiger charge is -2.58. The van der Waals surface area contributed by atoms with E-state index in [1.165, 1.54) is 19.3 Å². The van der Waals surface area contributed by atoms with Gasteiger partial charge in [0.05, 0.1) is 6.33 Å². The van der Waals surface area contributed by atoms with Crippen molar-refractivity contribution in [2.45, 2.75) is 66.2 Å². The Morgan fingerprint density at radius 2 is 2.05 bits per heavy atom. The number of ketones is 1. The van der Waals surface area contributed by atoms with E-state index in [0.29, 0.717) is 29.6 Å². The molecule has 0 heterocycles. The molecule has 1 nitrogen and oxygen atoms in total. The Morgan fingerprint density at radius 3 is 2.68 bits per heavy atom. The molecule has 2 heteroatoms. The van der Waals surface area contributed by atoms with Gasteiger partial charge in [0.1, 0.15) is 0 Å². The van der Waals surface area contributed by atoms with Crippen LogP contribution in [0.25, 0.3) is 0 Å². The number of rotatable bonds is 1. The van der Waals surface area contributed by atoms with Crippen LogP contribution >= 0.6 is 0 Å². The van der Waals surface area contributed by atoms with E-state index in [4.69, 9.17) is 0 Å². The summed E-state index contributed by atoms with van der Waals surface area (Å²) in [6.45, 7) is 9.34. The van der Waals surface area contributed by atoms with Gasteiger partial charge in [0.15, 0.2) is 5.78 Å². The van der Waals surface area contributed by atoms with E-state index in [1.807, 2.05) is 0 Å². The van der Waals surface area contributed by atoms with Gasteiger partial charge in [0.25, 0.3) is 0 Å². The van der Waals surface area contributed by atoms with Gasteiger partial charge in [-0.05, 0) is 71.5 Å². The average molecular weight is 304 g/mol. The van der Waals surface area contributed by atoms with E-state index >= 15 is 0 Å². The summed E-state index contributed by atoms with van der Waals surface area (Å²) in [5.41, 5.74) is 2.16. The van der Waals surface area contributed by atoms with Gasteiger partial charge < -0.3 is 0 Å². The molecule has 3 aliphatic rings. The SMILES string of the molecule is CCC1C2C/C(=C\F)C3=CC(=O)CCC3(C)C2CCC1(C)C. The lowest BCUT2D eigenvalue weighted by Crippen LogP contribution is -2.50. The molecule has 0 N–H and O–H groups in total. The van der Waals surface area contributed by atoms with Crippen molar-refractivity contribution in [3.8, 4) is 0 Å². The monoisotopic (exact) mass is 304 g/mol. The van der Waals surface area contributed by atoms with E-state index in [1.54, 1.807) is 6.08 Å². The maximum absolute atomic E-state index is 13.6.